The first-order valence-corrected chi connectivity index (χ1v) is 12.8. The van der Waals surface area contributed by atoms with Crippen LogP contribution in [0.5, 0.6) is 5.75 Å². The Kier molecular flexibility index (Phi) is 8.29. The van der Waals surface area contributed by atoms with Crippen molar-refractivity contribution in [3.63, 3.8) is 0 Å². The van der Waals surface area contributed by atoms with Gasteiger partial charge in [0.1, 0.15) is 0 Å². The summed E-state index contributed by atoms with van der Waals surface area (Å²) in [5.74, 6) is -1.42. The molecule has 1 aromatic heterocycles. The Morgan fingerprint density at radius 1 is 1.14 bits per heavy atom. The molecule has 4 rings (SSSR count). The van der Waals surface area contributed by atoms with Crippen LogP contribution in [0.3, 0.4) is 0 Å². The summed E-state index contributed by atoms with van der Waals surface area (Å²) < 4.78 is 14.2. The molecule has 0 unspecified atom stereocenters. The molecule has 0 saturated heterocycles. The number of aromatic hydroxyl groups is 1. The monoisotopic (exact) mass is 526 g/mol. The number of carbonyl (C=O) groups is 2. The van der Waals surface area contributed by atoms with E-state index in [1.54, 1.807) is 12.3 Å². The first kappa shape index (κ1) is 26.8. The third-order valence-corrected chi connectivity index (χ3v) is 7.19. The number of halogens is 2. The van der Waals surface area contributed by atoms with Crippen molar-refractivity contribution in [2.45, 2.75) is 38.6 Å². The van der Waals surface area contributed by atoms with Crippen LogP contribution in [0.4, 0.5) is 10.1 Å². The van der Waals surface area contributed by atoms with Gasteiger partial charge in [0.15, 0.2) is 17.3 Å². The lowest BCUT2D eigenvalue weighted by Gasteiger charge is -2.30. The van der Waals surface area contributed by atoms with Gasteiger partial charge in [-0.1, -0.05) is 17.7 Å². The second-order valence-electron chi connectivity index (χ2n) is 9.91. The number of phenolic OH excluding ortho intramolecular Hbond substituents is 1. The number of anilines is 1. The molecule has 3 N–H and O–H groups in total. The van der Waals surface area contributed by atoms with Crippen molar-refractivity contribution in [3.05, 3.63) is 52.9 Å². The van der Waals surface area contributed by atoms with Gasteiger partial charge in [0.25, 0.3) is 0 Å². The van der Waals surface area contributed by atoms with Gasteiger partial charge in [0.2, 0.25) is 5.91 Å². The molecule has 2 aromatic carbocycles. The summed E-state index contributed by atoms with van der Waals surface area (Å²) in [6.07, 6.45) is 4.70. The summed E-state index contributed by atoms with van der Waals surface area (Å²) in [5.41, 5.74) is 3.03. The molecule has 1 aliphatic carbocycles. The zero-order valence-electron chi connectivity index (χ0n) is 21.3. The molecule has 9 heteroatoms. The first-order valence-electron chi connectivity index (χ1n) is 12.4. The zero-order valence-corrected chi connectivity index (χ0v) is 22.0. The van der Waals surface area contributed by atoms with E-state index in [1.165, 1.54) is 19.1 Å². The van der Waals surface area contributed by atoms with Gasteiger partial charge < -0.3 is 20.6 Å². The number of hydrogen-bond acceptors (Lipinski definition) is 6. The third kappa shape index (κ3) is 6.19. The van der Waals surface area contributed by atoms with Crippen molar-refractivity contribution in [2.24, 2.45) is 5.92 Å². The summed E-state index contributed by atoms with van der Waals surface area (Å²) in [6.45, 7) is 2.94. The average molecular weight is 527 g/mol. The quantitative estimate of drug-likeness (QED) is 0.347. The Labute approximate surface area is 221 Å². The highest BCUT2D eigenvalue weighted by Gasteiger charge is 2.27. The number of aromatic nitrogens is 1. The Bertz CT molecular complexity index is 1300. The molecular weight excluding hydrogens is 495 g/mol. The van der Waals surface area contributed by atoms with Crippen LogP contribution in [-0.2, 0) is 4.79 Å². The number of fused-ring (bicyclic) bond motifs is 1. The Hall–Kier alpha value is -3.23. The summed E-state index contributed by atoms with van der Waals surface area (Å²) in [5, 5.41) is 16.9. The highest BCUT2D eigenvalue weighted by Crippen LogP contribution is 2.36. The van der Waals surface area contributed by atoms with Crippen molar-refractivity contribution in [1.29, 1.82) is 0 Å². The van der Waals surface area contributed by atoms with Crippen LogP contribution in [-0.4, -0.2) is 59.9 Å². The zero-order chi connectivity index (χ0) is 26.7. The van der Waals surface area contributed by atoms with E-state index in [1.807, 2.05) is 31.1 Å². The fourth-order valence-electron chi connectivity index (χ4n) is 4.78. The van der Waals surface area contributed by atoms with E-state index in [9.17, 15) is 19.1 Å². The number of Topliss-reactive ketones (excluding diaryl/α,β-unsaturated/α-hetero) is 1. The summed E-state index contributed by atoms with van der Waals surface area (Å²) in [6, 6.07) is 8.29. The second kappa shape index (κ2) is 11.4. The van der Waals surface area contributed by atoms with Crippen molar-refractivity contribution in [3.8, 4) is 16.9 Å². The van der Waals surface area contributed by atoms with Crippen molar-refractivity contribution in [1.82, 2.24) is 15.2 Å². The van der Waals surface area contributed by atoms with E-state index in [4.69, 9.17) is 11.6 Å². The first-order chi connectivity index (χ1) is 17.6. The molecule has 3 aromatic rings. The van der Waals surface area contributed by atoms with Crippen LogP contribution in [0.2, 0.25) is 5.02 Å². The lowest BCUT2D eigenvalue weighted by atomic mass is 9.85. The van der Waals surface area contributed by atoms with E-state index in [2.05, 4.69) is 15.6 Å². The molecule has 37 heavy (non-hydrogen) atoms. The molecular formula is C28H32ClFN4O3. The molecule has 0 aliphatic heterocycles. The van der Waals surface area contributed by atoms with Crippen LogP contribution < -0.4 is 10.6 Å². The molecule has 1 fully saturated rings. The van der Waals surface area contributed by atoms with Crippen LogP contribution in [0, 0.1) is 11.7 Å². The molecule has 7 nitrogen and oxygen atoms in total. The lowest BCUT2D eigenvalue weighted by Crippen LogP contribution is -2.38. The van der Waals surface area contributed by atoms with Crippen molar-refractivity contribution < 1.29 is 19.1 Å². The van der Waals surface area contributed by atoms with E-state index in [0.717, 1.165) is 37.6 Å². The van der Waals surface area contributed by atoms with E-state index < -0.39 is 11.6 Å². The molecule has 196 valence electrons. The number of pyridine rings is 1. The molecule has 0 bridgehead atoms. The van der Waals surface area contributed by atoms with Crippen molar-refractivity contribution >= 4 is 39.9 Å². The fraction of sp³-hybridized carbons (Fsp3) is 0.393. The molecule has 0 radical (unpaired) electrons. The van der Waals surface area contributed by atoms with Crippen LogP contribution in [0.1, 0.15) is 43.0 Å². The Morgan fingerprint density at radius 3 is 2.51 bits per heavy atom. The van der Waals surface area contributed by atoms with Gasteiger partial charge in [-0.05, 0) is 82.1 Å². The predicted octanol–water partition coefficient (Wildman–Crippen LogP) is 5.25. The normalized spacial score (nSPS) is 17.7. The van der Waals surface area contributed by atoms with E-state index >= 15 is 0 Å². The van der Waals surface area contributed by atoms with Gasteiger partial charge >= 0.3 is 0 Å². The Balaban J connectivity index is 1.57. The minimum Gasteiger partial charge on any atom is -0.504 e. The molecule has 1 aliphatic rings. The molecule has 1 amide bonds. The summed E-state index contributed by atoms with van der Waals surface area (Å²) in [4.78, 5) is 31.5. The standard InChI is InChI=1S/C28H32ClFN4O3/c1-16(35)22-15-32-25-9-6-18(19-13-23(29)27(36)24(30)14-19)12-21(25)26(22)33-20-7-4-17(5-8-20)28(37)31-10-11-34(2)3/h6,9,12-15,17,20,36H,4-5,7-8,10-11H2,1-3H3,(H,31,37)(H,32,33)/t17-,20-. The summed E-state index contributed by atoms with van der Waals surface area (Å²) in [7, 11) is 3.95. The minimum atomic E-state index is -0.806. The number of phenols is 1. The number of carbonyl (C=O) groups excluding carboxylic acids is 2. The average Bonchev–Trinajstić information content (AvgIpc) is 2.86. The molecule has 0 spiro atoms. The number of amides is 1. The van der Waals surface area contributed by atoms with Gasteiger partial charge in [0, 0.05) is 36.6 Å². The highest BCUT2D eigenvalue weighted by molar-refractivity contribution is 6.32. The number of nitrogens with one attached hydrogen (secondary N) is 2. The van der Waals surface area contributed by atoms with Gasteiger partial charge in [0.05, 0.1) is 21.8 Å². The molecule has 1 saturated carbocycles. The number of nitrogens with zero attached hydrogens (tertiary/aromatic N) is 2. The Morgan fingerprint density at radius 2 is 1.86 bits per heavy atom. The van der Waals surface area contributed by atoms with Gasteiger partial charge in [-0.15, -0.1) is 0 Å². The van der Waals surface area contributed by atoms with Crippen LogP contribution in [0.15, 0.2) is 36.5 Å². The van der Waals surface area contributed by atoms with Gasteiger partial charge in [-0.25, -0.2) is 4.39 Å². The number of likely N-dealkylation sites (N-methyl/N-ethyl adjacent to an activating group) is 1. The second-order valence-corrected chi connectivity index (χ2v) is 10.3. The van der Waals surface area contributed by atoms with Crippen molar-refractivity contribution in [2.75, 3.05) is 32.5 Å². The lowest BCUT2D eigenvalue weighted by molar-refractivity contribution is -0.125. The topological polar surface area (TPSA) is 94.6 Å². The number of ketones is 1. The SMILES string of the molecule is CC(=O)c1cnc2ccc(-c3cc(F)c(O)c(Cl)c3)cc2c1N[C@H]1CC[C@H](C(=O)NCCN(C)C)CC1. The van der Waals surface area contributed by atoms with E-state index in [-0.39, 0.29) is 28.7 Å². The maximum atomic E-state index is 14.2. The molecule has 1 heterocycles. The maximum absolute atomic E-state index is 14.2. The van der Waals surface area contributed by atoms with E-state index in [0.29, 0.717) is 34.4 Å². The van der Waals surface area contributed by atoms with Crippen LogP contribution in [0.25, 0.3) is 22.0 Å². The largest absolute Gasteiger partial charge is 0.504 e. The van der Waals surface area contributed by atoms with Gasteiger partial charge in [-0.3, -0.25) is 14.6 Å². The van der Waals surface area contributed by atoms with Crippen LogP contribution >= 0.6 is 11.6 Å². The fourth-order valence-corrected chi connectivity index (χ4v) is 4.99. The number of rotatable bonds is 8. The third-order valence-electron chi connectivity index (χ3n) is 6.90. The highest BCUT2D eigenvalue weighted by atomic mass is 35.5. The number of benzene rings is 2. The summed E-state index contributed by atoms with van der Waals surface area (Å²) >= 11 is 6.00. The smallest absolute Gasteiger partial charge is 0.223 e. The molecule has 0 atom stereocenters. The number of hydrogen-bond donors (Lipinski definition) is 3. The van der Waals surface area contributed by atoms with Gasteiger partial charge in [-0.2, -0.15) is 0 Å². The maximum Gasteiger partial charge on any atom is 0.223 e. The predicted molar refractivity (Wildman–Crippen MR) is 145 cm³/mol. The minimum absolute atomic E-state index is 0.0116.